The number of ether oxygens (including phenoxy) is 1. The fourth-order valence-corrected chi connectivity index (χ4v) is 1.87. The molecule has 0 unspecified atom stereocenters. The van der Waals surface area contributed by atoms with E-state index in [4.69, 9.17) is 4.74 Å². The van der Waals surface area contributed by atoms with Gasteiger partial charge in [0.05, 0.1) is 0 Å². The second-order valence-electron chi connectivity index (χ2n) is 2.86. The third-order valence-electron chi connectivity index (χ3n) is 1.66. The largest absolute Gasteiger partial charge is 0.377 e. The van der Waals surface area contributed by atoms with Gasteiger partial charge in [0.2, 0.25) is 0 Å². The van der Waals surface area contributed by atoms with E-state index in [1.807, 2.05) is 0 Å². The normalized spacial score (nSPS) is 12.3. The summed E-state index contributed by atoms with van der Waals surface area (Å²) in [6.07, 6.45) is 2.82. The lowest BCUT2D eigenvalue weighted by Crippen LogP contribution is -2.29. The molecule has 1 aromatic rings. The Kier molecular flexibility index (Phi) is 3.25. The molecule has 0 aromatic carbocycles. The van der Waals surface area contributed by atoms with Crippen LogP contribution in [0.25, 0.3) is 0 Å². The molecule has 80 valence electrons. The summed E-state index contributed by atoms with van der Waals surface area (Å²) in [6.45, 7) is 0.167. The van der Waals surface area contributed by atoms with Crippen molar-refractivity contribution in [2.75, 3.05) is 21.2 Å². The van der Waals surface area contributed by atoms with Gasteiger partial charge in [-0.3, -0.25) is 0 Å². The molecule has 1 rings (SSSR count). The Morgan fingerprint density at radius 3 is 2.71 bits per heavy atom. The molecule has 0 bridgehead atoms. The van der Waals surface area contributed by atoms with Gasteiger partial charge < -0.3 is 4.74 Å². The van der Waals surface area contributed by atoms with Crippen LogP contribution in [0.4, 0.5) is 0 Å². The number of hydrogen-bond donors (Lipinski definition) is 0. The average Bonchev–Trinajstić information content (AvgIpc) is 2.53. The maximum Gasteiger partial charge on any atom is 0.308 e. The molecule has 0 spiro atoms. The molecule has 0 saturated carbocycles. The van der Waals surface area contributed by atoms with Gasteiger partial charge in [-0.15, -0.1) is 0 Å². The van der Waals surface area contributed by atoms with Crippen LogP contribution in [-0.4, -0.2) is 42.9 Å². The first kappa shape index (κ1) is 11.2. The first-order valence-corrected chi connectivity index (χ1v) is 5.34. The van der Waals surface area contributed by atoms with Crippen LogP contribution in [0.2, 0.25) is 0 Å². The summed E-state index contributed by atoms with van der Waals surface area (Å²) in [4.78, 5) is 3.89. The van der Waals surface area contributed by atoms with Crippen molar-refractivity contribution in [2.24, 2.45) is 0 Å². The number of methoxy groups -OCH3 is 1. The Balaban J connectivity index is 3.13. The second-order valence-corrected chi connectivity index (χ2v) is 4.88. The molecule has 0 fully saturated rings. The standard InChI is InChI=1S/C7H13N3O3S/c1-9(2)14(11,12)10-5-4-8-7(10)6-13-3/h4-5H,6H2,1-3H3. The molecule has 0 aliphatic carbocycles. The Labute approximate surface area is 83.3 Å². The van der Waals surface area contributed by atoms with E-state index >= 15 is 0 Å². The van der Waals surface area contributed by atoms with Crippen molar-refractivity contribution in [3.05, 3.63) is 18.2 Å². The minimum absolute atomic E-state index is 0.167. The number of rotatable bonds is 4. The van der Waals surface area contributed by atoms with Gasteiger partial charge in [-0.1, -0.05) is 0 Å². The fraction of sp³-hybridized carbons (Fsp3) is 0.571. The van der Waals surface area contributed by atoms with Crippen LogP contribution in [0.3, 0.4) is 0 Å². The topological polar surface area (TPSA) is 64.4 Å². The van der Waals surface area contributed by atoms with E-state index in [1.54, 1.807) is 0 Å². The van der Waals surface area contributed by atoms with Gasteiger partial charge in [0.15, 0.2) is 0 Å². The molecule has 0 N–H and O–H groups in total. The van der Waals surface area contributed by atoms with Crippen LogP contribution in [0.5, 0.6) is 0 Å². The van der Waals surface area contributed by atoms with E-state index in [0.717, 1.165) is 8.28 Å². The summed E-state index contributed by atoms with van der Waals surface area (Å²) in [6, 6.07) is 0. The molecule has 14 heavy (non-hydrogen) atoms. The SMILES string of the molecule is COCc1nccn1S(=O)(=O)N(C)C. The molecule has 0 aliphatic rings. The van der Waals surface area contributed by atoms with Crippen LogP contribution in [0, 0.1) is 0 Å². The van der Waals surface area contributed by atoms with E-state index in [0.29, 0.717) is 5.82 Å². The van der Waals surface area contributed by atoms with Crippen molar-refractivity contribution < 1.29 is 13.2 Å². The zero-order valence-corrected chi connectivity index (χ0v) is 9.15. The third-order valence-corrected chi connectivity index (χ3v) is 3.42. The number of nitrogens with zero attached hydrogens (tertiary/aromatic N) is 3. The minimum Gasteiger partial charge on any atom is -0.377 e. The molecule has 0 radical (unpaired) electrons. The predicted octanol–water partition coefficient (Wildman–Crippen LogP) is -0.316. The summed E-state index contributed by atoms with van der Waals surface area (Å²) >= 11 is 0. The van der Waals surface area contributed by atoms with Gasteiger partial charge in [-0.25, -0.2) is 8.96 Å². The first-order chi connectivity index (χ1) is 6.50. The summed E-state index contributed by atoms with van der Waals surface area (Å²) in [5.74, 6) is 0.362. The maximum atomic E-state index is 11.7. The zero-order valence-electron chi connectivity index (χ0n) is 8.34. The van der Waals surface area contributed by atoms with Gasteiger partial charge in [-0.05, 0) is 0 Å². The Morgan fingerprint density at radius 1 is 1.57 bits per heavy atom. The van der Waals surface area contributed by atoms with Crippen molar-refractivity contribution in [2.45, 2.75) is 6.61 Å². The summed E-state index contributed by atoms with van der Waals surface area (Å²) in [5.41, 5.74) is 0. The highest BCUT2D eigenvalue weighted by Crippen LogP contribution is 2.06. The summed E-state index contributed by atoms with van der Waals surface area (Å²) < 4.78 is 30.4. The molecule has 0 aliphatic heterocycles. The van der Waals surface area contributed by atoms with Crippen LogP contribution in [0.1, 0.15) is 5.82 Å². The molecular formula is C7H13N3O3S. The molecule has 0 atom stereocenters. The number of aromatic nitrogens is 2. The lowest BCUT2D eigenvalue weighted by Gasteiger charge is -2.13. The van der Waals surface area contributed by atoms with Crippen molar-refractivity contribution in [3.8, 4) is 0 Å². The molecular weight excluding hydrogens is 206 g/mol. The lowest BCUT2D eigenvalue weighted by atomic mass is 10.7. The van der Waals surface area contributed by atoms with Crippen LogP contribution in [-0.2, 0) is 21.6 Å². The first-order valence-electron chi connectivity index (χ1n) is 3.94. The van der Waals surface area contributed by atoms with Gasteiger partial charge in [-0.2, -0.15) is 12.7 Å². The van der Waals surface area contributed by atoms with E-state index in [1.165, 1.54) is 33.6 Å². The maximum absolute atomic E-state index is 11.7. The fourth-order valence-electron chi connectivity index (χ4n) is 0.939. The van der Waals surface area contributed by atoms with E-state index in [2.05, 4.69) is 4.98 Å². The highest BCUT2D eigenvalue weighted by atomic mass is 32.2. The quantitative estimate of drug-likeness (QED) is 0.696. The molecule has 1 heterocycles. The summed E-state index contributed by atoms with van der Waals surface area (Å²) in [5, 5.41) is 0. The second kappa shape index (κ2) is 4.07. The highest BCUT2D eigenvalue weighted by Gasteiger charge is 2.19. The van der Waals surface area contributed by atoms with Crippen LogP contribution in [0.15, 0.2) is 12.4 Å². The molecule has 0 amide bonds. The smallest absolute Gasteiger partial charge is 0.308 e. The summed E-state index contributed by atoms with van der Waals surface area (Å²) in [7, 11) is 0.937. The van der Waals surface area contributed by atoms with Crippen LogP contribution < -0.4 is 0 Å². The predicted molar refractivity (Wildman–Crippen MR) is 50.9 cm³/mol. The highest BCUT2D eigenvalue weighted by molar-refractivity contribution is 7.87. The van der Waals surface area contributed by atoms with Crippen molar-refractivity contribution in [1.29, 1.82) is 0 Å². The zero-order chi connectivity index (χ0) is 10.8. The molecule has 6 nitrogen and oxygen atoms in total. The van der Waals surface area contributed by atoms with Gasteiger partial charge in [0, 0.05) is 33.6 Å². The molecule has 1 aromatic heterocycles. The van der Waals surface area contributed by atoms with E-state index < -0.39 is 10.2 Å². The van der Waals surface area contributed by atoms with Gasteiger partial charge in [0.1, 0.15) is 12.4 Å². The minimum atomic E-state index is -3.48. The van der Waals surface area contributed by atoms with Gasteiger partial charge >= 0.3 is 10.2 Å². The Hall–Kier alpha value is -0.920. The van der Waals surface area contributed by atoms with Crippen molar-refractivity contribution in [1.82, 2.24) is 13.3 Å². The molecule has 7 heteroatoms. The Bertz CT molecular complexity index is 396. The number of imidazole rings is 1. The van der Waals surface area contributed by atoms with E-state index in [-0.39, 0.29) is 6.61 Å². The number of hydrogen-bond acceptors (Lipinski definition) is 4. The van der Waals surface area contributed by atoms with E-state index in [9.17, 15) is 8.42 Å². The van der Waals surface area contributed by atoms with Crippen molar-refractivity contribution >= 4 is 10.2 Å². The third kappa shape index (κ3) is 1.94. The Morgan fingerprint density at radius 2 is 2.21 bits per heavy atom. The van der Waals surface area contributed by atoms with Crippen LogP contribution >= 0.6 is 0 Å². The van der Waals surface area contributed by atoms with Crippen molar-refractivity contribution in [3.63, 3.8) is 0 Å². The average molecular weight is 219 g/mol. The van der Waals surface area contributed by atoms with Gasteiger partial charge in [0.25, 0.3) is 0 Å². The lowest BCUT2D eigenvalue weighted by molar-refractivity contribution is 0.177. The monoisotopic (exact) mass is 219 g/mol. The molecule has 0 saturated heterocycles.